The smallest absolute Gasteiger partial charge is 0.229 e. The van der Waals surface area contributed by atoms with Crippen LogP contribution in [-0.4, -0.2) is 15.1 Å². The van der Waals surface area contributed by atoms with Crippen LogP contribution in [-0.2, 0) is 6.54 Å². The summed E-state index contributed by atoms with van der Waals surface area (Å²) >= 11 is 6.84. The van der Waals surface area contributed by atoms with Gasteiger partial charge in [-0.05, 0) is 41.9 Å². The van der Waals surface area contributed by atoms with Gasteiger partial charge in [0.2, 0.25) is 5.95 Å². The molecule has 0 aromatic carbocycles. The SMILES string of the molecule is S=C(NCc1ccco1)Nc1nccc(-c2cccs2)n1. The zero-order valence-electron chi connectivity index (χ0n) is 10.9. The Morgan fingerprint density at radius 3 is 3.00 bits per heavy atom. The van der Waals surface area contributed by atoms with Crippen LogP contribution < -0.4 is 10.6 Å². The quantitative estimate of drug-likeness (QED) is 0.720. The highest BCUT2D eigenvalue weighted by Crippen LogP contribution is 2.22. The molecule has 0 saturated heterocycles. The van der Waals surface area contributed by atoms with E-state index in [1.54, 1.807) is 23.8 Å². The third-order valence-corrected chi connectivity index (χ3v) is 3.80. The van der Waals surface area contributed by atoms with E-state index in [0.29, 0.717) is 17.6 Å². The van der Waals surface area contributed by atoms with E-state index in [9.17, 15) is 0 Å². The number of thiophene rings is 1. The second kappa shape index (κ2) is 6.47. The summed E-state index contributed by atoms with van der Waals surface area (Å²) in [7, 11) is 0. The van der Waals surface area contributed by atoms with Crippen molar-refractivity contribution in [3.05, 3.63) is 53.9 Å². The van der Waals surface area contributed by atoms with E-state index in [4.69, 9.17) is 16.6 Å². The van der Waals surface area contributed by atoms with Crippen LogP contribution in [0.1, 0.15) is 5.76 Å². The fraction of sp³-hybridized carbons (Fsp3) is 0.0714. The zero-order chi connectivity index (χ0) is 14.5. The molecule has 0 radical (unpaired) electrons. The molecule has 3 heterocycles. The molecular weight excluding hydrogens is 304 g/mol. The first-order valence-electron chi connectivity index (χ1n) is 6.25. The second-order valence-electron chi connectivity index (χ2n) is 4.13. The molecule has 21 heavy (non-hydrogen) atoms. The molecule has 0 saturated carbocycles. The van der Waals surface area contributed by atoms with Crippen molar-refractivity contribution in [1.82, 2.24) is 15.3 Å². The number of aromatic nitrogens is 2. The van der Waals surface area contributed by atoms with Crippen molar-refractivity contribution in [2.75, 3.05) is 5.32 Å². The van der Waals surface area contributed by atoms with Crippen molar-refractivity contribution in [1.29, 1.82) is 0 Å². The minimum absolute atomic E-state index is 0.453. The van der Waals surface area contributed by atoms with Crippen molar-refractivity contribution >= 4 is 34.6 Å². The molecule has 0 bridgehead atoms. The van der Waals surface area contributed by atoms with Gasteiger partial charge in [-0.1, -0.05) is 6.07 Å². The number of rotatable bonds is 4. The number of furan rings is 1. The second-order valence-corrected chi connectivity index (χ2v) is 5.49. The fourth-order valence-corrected chi connectivity index (χ4v) is 2.57. The van der Waals surface area contributed by atoms with Gasteiger partial charge in [0.05, 0.1) is 23.4 Å². The average Bonchev–Trinajstić information content (AvgIpc) is 3.19. The molecule has 3 aromatic rings. The first-order valence-corrected chi connectivity index (χ1v) is 7.54. The molecule has 5 nitrogen and oxygen atoms in total. The van der Waals surface area contributed by atoms with E-state index in [1.807, 2.05) is 35.7 Å². The Kier molecular flexibility index (Phi) is 4.23. The number of nitrogens with one attached hydrogen (secondary N) is 2. The number of hydrogen-bond donors (Lipinski definition) is 2. The van der Waals surface area contributed by atoms with E-state index in [0.717, 1.165) is 16.3 Å². The number of anilines is 1. The van der Waals surface area contributed by atoms with Crippen LogP contribution in [0, 0.1) is 0 Å². The van der Waals surface area contributed by atoms with Crippen LogP contribution in [0.5, 0.6) is 0 Å². The van der Waals surface area contributed by atoms with Crippen molar-refractivity contribution in [3.63, 3.8) is 0 Å². The fourth-order valence-electron chi connectivity index (χ4n) is 1.71. The van der Waals surface area contributed by atoms with Gasteiger partial charge in [0.1, 0.15) is 5.76 Å². The lowest BCUT2D eigenvalue weighted by atomic mass is 10.3. The molecule has 0 spiro atoms. The van der Waals surface area contributed by atoms with Gasteiger partial charge in [0.25, 0.3) is 0 Å². The van der Waals surface area contributed by atoms with Crippen LogP contribution in [0.3, 0.4) is 0 Å². The highest BCUT2D eigenvalue weighted by atomic mass is 32.1. The van der Waals surface area contributed by atoms with Crippen LogP contribution in [0.2, 0.25) is 0 Å². The number of hydrogen-bond acceptors (Lipinski definition) is 5. The lowest BCUT2D eigenvalue weighted by Crippen LogP contribution is -2.28. The number of thiocarbonyl (C=S) groups is 1. The maximum absolute atomic E-state index is 5.22. The predicted molar refractivity (Wildman–Crippen MR) is 87.1 cm³/mol. The molecule has 0 amide bonds. The Morgan fingerprint density at radius 2 is 2.24 bits per heavy atom. The van der Waals surface area contributed by atoms with Gasteiger partial charge in [-0.25, -0.2) is 9.97 Å². The lowest BCUT2D eigenvalue weighted by molar-refractivity contribution is 0.503. The standard InChI is InChI=1S/C14H12N4OS2/c20-14(16-9-10-3-1-7-19-10)18-13-15-6-5-11(17-13)12-4-2-8-21-12/h1-8H,9H2,(H2,15,16,17,18,20). The normalized spacial score (nSPS) is 10.3. The van der Waals surface area contributed by atoms with E-state index in [2.05, 4.69) is 20.6 Å². The maximum Gasteiger partial charge on any atom is 0.229 e. The molecule has 7 heteroatoms. The molecule has 0 fully saturated rings. The summed E-state index contributed by atoms with van der Waals surface area (Å²) in [4.78, 5) is 9.70. The van der Waals surface area contributed by atoms with Gasteiger partial charge in [0, 0.05) is 6.20 Å². The summed E-state index contributed by atoms with van der Waals surface area (Å²) in [5.41, 5.74) is 0.872. The minimum atomic E-state index is 0.453. The topological polar surface area (TPSA) is 63.0 Å². The van der Waals surface area contributed by atoms with Gasteiger partial charge >= 0.3 is 0 Å². The van der Waals surface area contributed by atoms with Crippen molar-refractivity contribution in [2.24, 2.45) is 0 Å². The van der Waals surface area contributed by atoms with Gasteiger partial charge < -0.3 is 15.1 Å². The van der Waals surface area contributed by atoms with Gasteiger partial charge in [0.15, 0.2) is 5.11 Å². The van der Waals surface area contributed by atoms with E-state index in [-0.39, 0.29) is 0 Å². The van der Waals surface area contributed by atoms with Gasteiger partial charge in [-0.3, -0.25) is 0 Å². The molecule has 3 rings (SSSR count). The van der Waals surface area contributed by atoms with Crippen LogP contribution in [0.15, 0.2) is 52.6 Å². The van der Waals surface area contributed by atoms with Gasteiger partial charge in [-0.15, -0.1) is 11.3 Å². The molecule has 0 aliphatic heterocycles. The summed E-state index contributed by atoms with van der Waals surface area (Å²) in [6.45, 7) is 0.517. The largest absolute Gasteiger partial charge is 0.467 e. The molecule has 0 aliphatic rings. The van der Waals surface area contributed by atoms with Crippen LogP contribution >= 0.6 is 23.6 Å². The Morgan fingerprint density at radius 1 is 1.29 bits per heavy atom. The van der Waals surface area contributed by atoms with Gasteiger partial charge in [-0.2, -0.15) is 0 Å². The van der Waals surface area contributed by atoms with E-state index < -0.39 is 0 Å². The highest BCUT2D eigenvalue weighted by molar-refractivity contribution is 7.80. The molecule has 0 atom stereocenters. The minimum Gasteiger partial charge on any atom is -0.467 e. The zero-order valence-corrected chi connectivity index (χ0v) is 12.6. The molecule has 2 N–H and O–H groups in total. The first-order chi connectivity index (χ1) is 10.3. The molecule has 106 valence electrons. The van der Waals surface area contributed by atoms with Crippen molar-refractivity contribution in [3.8, 4) is 10.6 Å². The number of nitrogens with zero attached hydrogens (tertiary/aromatic N) is 2. The monoisotopic (exact) mass is 316 g/mol. The van der Waals surface area contributed by atoms with Crippen molar-refractivity contribution in [2.45, 2.75) is 6.54 Å². The Hall–Kier alpha value is -2.25. The Bertz CT molecular complexity index is 710. The summed E-state index contributed by atoms with van der Waals surface area (Å²) < 4.78 is 5.22. The van der Waals surface area contributed by atoms with Crippen molar-refractivity contribution < 1.29 is 4.42 Å². The summed E-state index contributed by atoms with van der Waals surface area (Å²) in [5, 5.41) is 8.47. The third-order valence-electron chi connectivity index (χ3n) is 2.66. The third kappa shape index (κ3) is 3.65. The predicted octanol–water partition coefficient (Wildman–Crippen LogP) is 3.28. The molecule has 0 unspecified atom stereocenters. The Balaban J connectivity index is 1.62. The highest BCUT2D eigenvalue weighted by Gasteiger charge is 2.05. The Labute approximate surface area is 131 Å². The molecule has 3 aromatic heterocycles. The first kappa shape index (κ1) is 13.7. The van der Waals surface area contributed by atoms with E-state index >= 15 is 0 Å². The van der Waals surface area contributed by atoms with Crippen LogP contribution in [0.25, 0.3) is 10.6 Å². The summed E-state index contributed by atoms with van der Waals surface area (Å²) in [6.07, 6.45) is 3.33. The maximum atomic E-state index is 5.22. The lowest BCUT2D eigenvalue weighted by Gasteiger charge is -2.08. The van der Waals surface area contributed by atoms with E-state index in [1.165, 1.54) is 0 Å². The summed E-state index contributed by atoms with van der Waals surface area (Å²) in [6, 6.07) is 9.59. The van der Waals surface area contributed by atoms with Crippen LogP contribution in [0.4, 0.5) is 5.95 Å². The average molecular weight is 316 g/mol. The summed E-state index contributed by atoms with van der Waals surface area (Å²) in [5.74, 6) is 1.28. The molecule has 0 aliphatic carbocycles. The molecular formula is C14H12N4OS2.